The van der Waals surface area contributed by atoms with Crippen molar-refractivity contribution in [3.8, 4) is 5.69 Å². The molecule has 0 fully saturated rings. The average molecular weight is 503 g/mol. The molecule has 0 amide bonds. The number of nitrogens with zero attached hydrogens (tertiary/aromatic N) is 2. The third-order valence-corrected chi connectivity index (χ3v) is 8.35. The lowest BCUT2D eigenvalue weighted by Crippen LogP contribution is -2.30. The third-order valence-electron chi connectivity index (χ3n) is 8.35. The van der Waals surface area contributed by atoms with Crippen LogP contribution in [0.4, 0.5) is 0 Å². The van der Waals surface area contributed by atoms with Crippen molar-refractivity contribution in [1.29, 1.82) is 0 Å². The Hall–Kier alpha value is -3.79. The number of aromatic nitrogens is 4. The topological polar surface area (TPSA) is 49.4 Å². The van der Waals surface area contributed by atoms with Gasteiger partial charge in [0.25, 0.3) is 0 Å². The molecule has 4 heteroatoms. The first-order valence-corrected chi connectivity index (χ1v) is 13.6. The second kappa shape index (κ2) is 8.36. The van der Waals surface area contributed by atoms with Crippen molar-refractivity contribution >= 4 is 32.7 Å². The van der Waals surface area contributed by atoms with E-state index < -0.39 is 0 Å². The molecule has 0 saturated heterocycles. The van der Waals surface area contributed by atoms with Gasteiger partial charge in [0.15, 0.2) is 0 Å². The number of aromatic amines is 2. The van der Waals surface area contributed by atoms with E-state index in [0.29, 0.717) is 0 Å². The lowest BCUT2D eigenvalue weighted by molar-refractivity contribution is 0.351. The Kier molecular flexibility index (Phi) is 5.40. The van der Waals surface area contributed by atoms with Gasteiger partial charge >= 0.3 is 0 Å². The molecule has 194 valence electrons. The lowest BCUT2D eigenvalue weighted by atomic mass is 9.68. The van der Waals surface area contributed by atoms with E-state index in [-0.39, 0.29) is 16.2 Å². The summed E-state index contributed by atoms with van der Waals surface area (Å²) < 4.78 is 2.35. The number of H-pyrrole nitrogens is 2. The fraction of sp³-hybridized carbons (Fsp3) is 0.324. The van der Waals surface area contributed by atoms with Gasteiger partial charge in [-0.15, -0.1) is 0 Å². The third kappa shape index (κ3) is 4.03. The van der Waals surface area contributed by atoms with Crippen LogP contribution in [0.2, 0.25) is 0 Å². The molecule has 38 heavy (non-hydrogen) atoms. The van der Waals surface area contributed by atoms with E-state index in [1.165, 1.54) is 49.6 Å². The van der Waals surface area contributed by atoms with Crippen LogP contribution in [0.3, 0.4) is 0 Å². The Morgan fingerprint density at radius 3 is 2.32 bits per heavy atom. The van der Waals surface area contributed by atoms with Crippen molar-refractivity contribution in [2.24, 2.45) is 0 Å². The van der Waals surface area contributed by atoms with Crippen molar-refractivity contribution < 1.29 is 0 Å². The average Bonchev–Trinajstić information content (AvgIpc) is 3.59. The Morgan fingerprint density at radius 2 is 1.53 bits per heavy atom. The van der Waals surface area contributed by atoms with E-state index in [1.807, 2.05) is 6.20 Å². The van der Waals surface area contributed by atoms with Crippen molar-refractivity contribution in [2.45, 2.75) is 71.1 Å². The zero-order chi connectivity index (χ0) is 26.9. The fourth-order valence-electron chi connectivity index (χ4n) is 6.41. The maximum absolute atomic E-state index is 4.21. The molecular formula is C34H38N4. The Labute approximate surface area is 225 Å². The van der Waals surface area contributed by atoms with Gasteiger partial charge in [0.2, 0.25) is 0 Å². The molecule has 0 aliphatic rings. The summed E-state index contributed by atoms with van der Waals surface area (Å²) >= 11 is 0. The number of hydrogen-bond acceptors (Lipinski definition) is 1. The van der Waals surface area contributed by atoms with E-state index >= 15 is 0 Å². The summed E-state index contributed by atoms with van der Waals surface area (Å²) in [5, 5.41) is 11.0. The van der Waals surface area contributed by atoms with Crippen LogP contribution in [0.5, 0.6) is 0 Å². The Balaban J connectivity index is 1.40. The van der Waals surface area contributed by atoms with Crippen LogP contribution >= 0.6 is 0 Å². The van der Waals surface area contributed by atoms with Crippen LogP contribution in [0.25, 0.3) is 38.4 Å². The summed E-state index contributed by atoms with van der Waals surface area (Å²) in [6.45, 7) is 16.3. The Bertz CT molecular complexity index is 1780. The first-order chi connectivity index (χ1) is 17.9. The smallest absolute Gasteiger partial charge is 0.0709 e. The molecular weight excluding hydrogens is 464 g/mol. The number of hydrogen-bond donors (Lipinski definition) is 2. The van der Waals surface area contributed by atoms with Gasteiger partial charge in [-0.2, -0.15) is 5.10 Å². The van der Waals surface area contributed by atoms with Crippen molar-refractivity contribution in [3.63, 3.8) is 0 Å². The van der Waals surface area contributed by atoms with Crippen LogP contribution in [0, 0.1) is 0 Å². The summed E-state index contributed by atoms with van der Waals surface area (Å²) in [5.41, 5.74) is 8.86. The summed E-state index contributed by atoms with van der Waals surface area (Å²) in [6.07, 6.45) is 7.31. The highest BCUT2D eigenvalue weighted by Crippen LogP contribution is 2.42. The van der Waals surface area contributed by atoms with Crippen molar-refractivity contribution in [3.05, 3.63) is 95.9 Å². The standard InChI is InChI=1S/C34H38N4/c1-32(2,3)23-11-14-29-26(18-23)31(20-35-29)38-16-15-25-27(9-8-10-30(25)38)34(6,7)21-33(4,5)24-12-13-28-22(17-24)19-36-37-28/h8-20,35H,21H2,1-7H3,(H,36,37). The molecule has 0 saturated carbocycles. The number of nitrogens with one attached hydrogen (secondary N) is 2. The molecule has 0 aliphatic carbocycles. The highest BCUT2D eigenvalue weighted by atomic mass is 15.1. The molecule has 6 aromatic rings. The molecule has 0 unspecified atom stereocenters. The van der Waals surface area contributed by atoms with Gasteiger partial charge in [0.05, 0.1) is 22.9 Å². The van der Waals surface area contributed by atoms with Crippen LogP contribution in [0.1, 0.15) is 71.6 Å². The summed E-state index contributed by atoms with van der Waals surface area (Å²) in [7, 11) is 0. The summed E-state index contributed by atoms with van der Waals surface area (Å²) in [4.78, 5) is 3.50. The molecule has 0 radical (unpaired) electrons. The predicted molar refractivity (Wildman–Crippen MR) is 161 cm³/mol. The molecule has 3 heterocycles. The highest BCUT2D eigenvalue weighted by Gasteiger charge is 2.33. The van der Waals surface area contributed by atoms with Crippen molar-refractivity contribution in [2.75, 3.05) is 0 Å². The Morgan fingerprint density at radius 1 is 0.763 bits per heavy atom. The monoisotopic (exact) mass is 502 g/mol. The molecule has 0 spiro atoms. The molecule has 0 bridgehead atoms. The van der Waals surface area contributed by atoms with E-state index in [9.17, 15) is 0 Å². The van der Waals surface area contributed by atoms with E-state index in [4.69, 9.17) is 0 Å². The second-order valence-corrected chi connectivity index (χ2v) is 13.2. The molecule has 4 nitrogen and oxygen atoms in total. The zero-order valence-corrected chi connectivity index (χ0v) is 23.6. The van der Waals surface area contributed by atoms with Crippen molar-refractivity contribution in [1.82, 2.24) is 19.7 Å². The minimum Gasteiger partial charge on any atom is -0.359 e. The van der Waals surface area contributed by atoms with Gasteiger partial charge in [-0.1, -0.05) is 72.7 Å². The highest BCUT2D eigenvalue weighted by molar-refractivity contribution is 5.93. The van der Waals surface area contributed by atoms with Crippen LogP contribution in [0.15, 0.2) is 79.3 Å². The van der Waals surface area contributed by atoms with Gasteiger partial charge in [-0.25, -0.2) is 0 Å². The largest absolute Gasteiger partial charge is 0.359 e. The first-order valence-electron chi connectivity index (χ1n) is 13.6. The maximum Gasteiger partial charge on any atom is 0.0709 e. The molecule has 3 aromatic heterocycles. The van der Waals surface area contributed by atoms with Gasteiger partial charge in [-0.05, 0) is 75.8 Å². The number of benzene rings is 3. The summed E-state index contributed by atoms with van der Waals surface area (Å²) in [6, 6.07) is 22.6. The molecule has 3 aromatic carbocycles. The van der Waals surface area contributed by atoms with Crippen LogP contribution < -0.4 is 0 Å². The van der Waals surface area contributed by atoms with Gasteiger partial charge < -0.3 is 9.55 Å². The lowest BCUT2D eigenvalue weighted by Gasteiger charge is -2.36. The SMILES string of the molecule is CC(C)(C)c1ccc2[nH]cc(-n3ccc4c(C(C)(C)CC(C)(C)c5ccc6[nH]ncc6c5)cccc43)c2c1. The normalized spacial score (nSPS) is 13.2. The summed E-state index contributed by atoms with van der Waals surface area (Å²) in [5.74, 6) is 0. The minimum absolute atomic E-state index is 0.000112. The quantitative estimate of drug-likeness (QED) is 0.243. The van der Waals surface area contributed by atoms with E-state index in [0.717, 1.165) is 11.9 Å². The van der Waals surface area contributed by atoms with Crippen LogP contribution in [-0.2, 0) is 16.2 Å². The molecule has 2 N–H and O–H groups in total. The minimum atomic E-state index is -0.0276. The van der Waals surface area contributed by atoms with Crippen LogP contribution in [-0.4, -0.2) is 19.7 Å². The maximum atomic E-state index is 4.21. The van der Waals surface area contributed by atoms with Gasteiger partial charge in [-0.3, -0.25) is 5.10 Å². The fourth-order valence-corrected chi connectivity index (χ4v) is 6.41. The van der Waals surface area contributed by atoms with E-state index in [1.54, 1.807) is 0 Å². The first kappa shape index (κ1) is 24.5. The molecule has 0 aliphatic heterocycles. The second-order valence-electron chi connectivity index (χ2n) is 13.2. The molecule has 0 atom stereocenters. The zero-order valence-electron chi connectivity index (χ0n) is 23.6. The number of rotatable bonds is 5. The molecule has 6 rings (SSSR count). The van der Waals surface area contributed by atoms with Gasteiger partial charge in [0, 0.05) is 34.1 Å². The number of fused-ring (bicyclic) bond motifs is 3. The predicted octanol–water partition coefficient (Wildman–Crippen LogP) is 8.93. The van der Waals surface area contributed by atoms with E-state index in [2.05, 4.69) is 141 Å². The van der Waals surface area contributed by atoms with Gasteiger partial charge in [0.1, 0.15) is 0 Å².